The van der Waals surface area contributed by atoms with Crippen LogP contribution in [0, 0.1) is 13.8 Å². The zero-order valence-electron chi connectivity index (χ0n) is 18.8. The van der Waals surface area contributed by atoms with E-state index in [-0.39, 0.29) is 5.75 Å². The molecule has 5 nitrogen and oxygen atoms in total. The Bertz CT molecular complexity index is 1310. The summed E-state index contributed by atoms with van der Waals surface area (Å²) in [6.07, 6.45) is -0.407. The van der Waals surface area contributed by atoms with Crippen LogP contribution in [-0.4, -0.2) is 15.1 Å². The molecule has 0 atom stereocenters. The van der Waals surface area contributed by atoms with Crippen molar-refractivity contribution in [1.29, 1.82) is 0 Å². The third-order valence-corrected chi connectivity index (χ3v) is 7.03. The van der Waals surface area contributed by atoms with Gasteiger partial charge in [0.15, 0.2) is 10.3 Å². The molecule has 0 radical (unpaired) electrons. The van der Waals surface area contributed by atoms with Crippen LogP contribution in [0.3, 0.4) is 0 Å². The fourth-order valence-corrected chi connectivity index (χ4v) is 5.06. The first-order valence-electron chi connectivity index (χ1n) is 10.9. The summed E-state index contributed by atoms with van der Waals surface area (Å²) >= 11 is 3.06. The largest absolute Gasteiger partial charge is 0.508 e. The Hall–Kier alpha value is -3.68. The number of nitrogens with one attached hydrogen (secondary N) is 2. The molecule has 0 saturated heterocycles. The van der Waals surface area contributed by atoms with Gasteiger partial charge in [0.25, 0.3) is 0 Å². The van der Waals surface area contributed by atoms with Crippen molar-refractivity contribution >= 4 is 32.9 Å². The van der Waals surface area contributed by atoms with Gasteiger partial charge in [0.05, 0.1) is 11.4 Å². The van der Waals surface area contributed by atoms with Crippen LogP contribution in [0.4, 0.5) is 10.3 Å². The van der Waals surface area contributed by atoms with Crippen molar-refractivity contribution in [3.05, 3.63) is 100 Å². The number of benzene rings is 3. The maximum atomic E-state index is 10.5. The average molecular weight is 485 g/mol. The lowest BCUT2D eigenvalue weighted by Gasteiger charge is -2.20. The van der Waals surface area contributed by atoms with E-state index in [9.17, 15) is 5.11 Å². The Morgan fingerprint density at radius 1 is 0.676 bits per heavy atom. The summed E-state index contributed by atoms with van der Waals surface area (Å²) in [6, 6.07) is 24.0. The molecule has 2 aromatic heterocycles. The number of thiazole rings is 2. The van der Waals surface area contributed by atoms with Crippen LogP contribution in [-0.2, 0) is 0 Å². The number of phenols is 1. The average Bonchev–Trinajstić information content (AvgIpc) is 3.50. The summed E-state index contributed by atoms with van der Waals surface area (Å²) in [5.74, 6) is 0.207. The molecule has 0 amide bonds. The fraction of sp³-hybridized carbons (Fsp3) is 0.111. The second-order valence-electron chi connectivity index (χ2n) is 8.09. The minimum absolute atomic E-state index is 0.207. The zero-order valence-corrected chi connectivity index (χ0v) is 20.5. The maximum Gasteiger partial charge on any atom is 0.185 e. The predicted molar refractivity (Wildman–Crippen MR) is 143 cm³/mol. The molecule has 0 aliphatic heterocycles. The van der Waals surface area contributed by atoms with Crippen LogP contribution in [0.15, 0.2) is 83.6 Å². The number of phenolic OH excluding ortho intramolecular Hbond substituents is 1. The maximum absolute atomic E-state index is 10.5. The van der Waals surface area contributed by atoms with Crippen LogP contribution in [0.1, 0.15) is 22.9 Å². The molecule has 0 bridgehead atoms. The molecule has 0 unspecified atom stereocenters. The summed E-state index contributed by atoms with van der Waals surface area (Å²) in [5, 5.41) is 23.0. The molecule has 0 aliphatic rings. The first kappa shape index (κ1) is 22.1. The molecule has 0 spiro atoms. The van der Waals surface area contributed by atoms with E-state index in [2.05, 4.69) is 73.0 Å². The van der Waals surface area contributed by atoms with Gasteiger partial charge in [-0.2, -0.15) is 0 Å². The van der Waals surface area contributed by atoms with E-state index in [1.807, 2.05) is 29.0 Å². The number of aryl methyl sites for hydroxylation is 2. The lowest BCUT2D eigenvalue weighted by atomic mass is 10.1. The Morgan fingerprint density at radius 2 is 1.15 bits per heavy atom. The molecule has 3 aromatic carbocycles. The summed E-state index contributed by atoms with van der Waals surface area (Å²) < 4.78 is 0. The van der Waals surface area contributed by atoms with E-state index in [4.69, 9.17) is 9.97 Å². The number of hydrogen-bond donors (Lipinski definition) is 3. The lowest BCUT2D eigenvalue weighted by molar-refractivity contribution is 0.466. The predicted octanol–water partition coefficient (Wildman–Crippen LogP) is 7.48. The lowest BCUT2D eigenvalue weighted by Crippen LogP contribution is -2.20. The number of aromatic hydroxyl groups is 1. The number of aromatic nitrogens is 2. The summed E-state index contributed by atoms with van der Waals surface area (Å²) in [4.78, 5) is 9.55. The van der Waals surface area contributed by atoms with Crippen LogP contribution >= 0.6 is 22.7 Å². The Morgan fingerprint density at radius 3 is 1.62 bits per heavy atom. The van der Waals surface area contributed by atoms with Gasteiger partial charge in [-0.05, 0) is 19.9 Å². The first-order valence-corrected chi connectivity index (χ1v) is 12.7. The van der Waals surface area contributed by atoms with Gasteiger partial charge in [-0.3, -0.25) is 0 Å². The van der Waals surface area contributed by atoms with Crippen molar-refractivity contribution in [2.45, 2.75) is 20.0 Å². The normalized spacial score (nSPS) is 11.0. The van der Waals surface area contributed by atoms with Crippen molar-refractivity contribution in [3.63, 3.8) is 0 Å². The van der Waals surface area contributed by atoms with Crippen LogP contribution in [0.25, 0.3) is 22.5 Å². The van der Waals surface area contributed by atoms with E-state index in [1.54, 1.807) is 6.07 Å². The SMILES string of the molecule is Cc1ccc(-c2csc(NC(Nc3nc(-c4ccc(C)cc4)cs3)c3ccccc3O)n2)cc1. The number of nitrogens with zero attached hydrogens (tertiary/aromatic N) is 2. The first-order chi connectivity index (χ1) is 16.5. The van der Waals surface area contributed by atoms with Crippen molar-refractivity contribution < 1.29 is 5.11 Å². The van der Waals surface area contributed by atoms with Crippen LogP contribution in [0.5, 0.6) is 5.75 Å². The van der Waals surface area contributed by atoms with Crippen molar-refractivity contribution in [3.8, 4) is 28.3 Å². The molecule has 5 aromatic rings. The molecule has 2 heterocycles. The van der Waals surface area contributed by atoms with Crippen LogP contribution < -0.4 is 10.6 Å². The fourth-order valence-electron chi connectivity index (χ4n) is 3.56. The molecular formula is C27H24N4OS2. The molecule has 7 heteroatoms. The highest BCUT2D eigenvalue weighted by atomic mass is 32.1. The Labute approximate surface area is 206 Å². The molecule has 34 heavy (non-hydrogen) atoms. The molecule has 0 aliphatic carbocycles. The van der Waals surface area contributed by atoms with Gasteiger partial charge in [0.1, 0.15) is 11.9 Å². The smallest absolute Gasteiger partial charge is 0.185 e. The zero-order chi connectivity index (χ0) is 23.5. The van der Waals surface area contributed by atoms with Crippen LogP contribution in [0.2, 0.25) is 0 Å². The van der Waals surface area contributed by atoms with E-state index in [0.717, 1.165) is 38.3 Å². The standard InChI is InChI=1S/C27H24N4OS2/c1-17-7-11-19(12-8-17)22-15-33-26(28-22)30-25(21-5-3-4-6-24(21)32)31-27-29-23(16-34-27)20-13-9-18(2)10-14-20/h3-16,25,32H,1-2H3,(H,28,30)(H,29,31). The molecule has 5 rings (SSSR count). The molecule has 170 valence electrons. The van der Waals surface area contributed by atoms with E-state index < -0.39 is 6.17 Å². The Balaban J connectivity index is 1.40. The van der Waals surface area contributed by atoms with Gasteiger partial charge in [-0.25, -0.2) is 9.97 Å². The third-order valence-electron chi connectivity index (χ3n) is 5.49. The monoisotopic (exact) mass is 484 g/mol. The second-order valence-corrected chi connectivity index (χ2v) is 9.80. The van der Waals surface area contributed by atoms with Gasteiger partial charge in [0, 0.05) is 27.5 Å². The van der Waals surface area contributed by atoms with E-state index >= 15 is 0 Å². The highest BCUT2D eigenvalue weighted by Crippen LogP contribution is 2.33. The quantitative estimate of drug-likeness (QED) is 0.209. The highest BCUT2D eigenvalue weighted by Gasteiger charge is 2.19. The minimum atomic E-state index is -0.407. The third kappa shape index (κ3) is 4.95. The van der Waals surface area contributed by atoms with E-state index in [0.29, 0.717) is 0 Å². The van der Waals surface area contributed by atoms with Gasteiger partial charge in [-0.1, -0.05) is 77.9 Å². The number of hydrogen-bond acceptors (Lipinski definition) is 7. The molecule has 0 saturated carbocycles. The number of para-hydroxylation sites is 1. The number of rotatable bonds is 7. The highest BCUT2D eigenvalue weighted by molar-refractivity contribution is 7.14. The second kappa shape index (κ2) is 9.67. The summed E-state index contributed by atoms with van der Waals surface area (Å²) in [5.41, 5.74) is 7.14. The summed E-state index contributed by atoms with van der Waals surface area (Å²) in [7, 11) is 0. The van der Waals surface area contributed by atoms with Crippen molar-refractivity contribution in [1.82, 2.24) is 9.97 Å². The molecular weight excluding hydrogens is 460 g/mol. The molecule has 3 N–H and O–H groups in total. The summed E-state index contributed by atoms with van der Waals surface area (Å²) in [6.45, 7) is 4.15. The van der Waals surface area contributed by atoms with Gasteiger partial charge < -0.3 is 15.7 Å². The van der Waals surface area contributed by atoms with Gasteiger partial charge >= 0.3 is 0 Å². The van der Waals surface area contributed by atoms with Gasteiger partial charge in [-0.15, -0.1) is 22.7 Å². The minimum Gasteiger partial charge on any atom is -0.508 e. The van der Waals surface area contributed by atoms with Crippen molar-refractivity contribution in [2.75, 3.05) is 10.6 Å². The van der Waals surface area contributed by atoms with Crippen molar-refractivity contribution in [2.24, 2.45) is 0 Å². The topological polar surface area (TPSA) is 70.1 Å². The number of anilines is 2. The van der Waals surface area contributed by atoms with E-state index in [1.165, 1.54) is 33.8 Å². The van der Waals surface area contributed by atoms with Gasteiger partial charge in [0.2, 0.25) is 0 Å². The Kier molecular flexibility index (Phi) is 6.29. The molecule has 0 fully saturated rings.